The van der Waals surface area contributed by atoms with Gasteiger partial charge in [0, 0.05) is 42.6 Å². The predicted octanol–water partition coefficient (Wildman–Crippen LogP) is 0.546. The van der Waals surface area contributed by atoms with Gasteiger partial charge in [-0.2, -0.15) is 0 Å². The van der Waals surface area contributed by atoms with Crippen LogP contribution in [0.15, 0.2) is 41.4 Å². The van der Waals surface area contributed by atoms with Crippen molar-refractivity contribution in [3.63, 3.8) is 0 Å². The van der Waals surface area contributed by atoms with Crippen LogP contribution in [-0.2, 0) is 32.1 Å². The Bertz CT molecular complexity index is 1230. The minimum atomic E-state index is -1.70. The first-order valence-corrected chi connectivity index (χ1v) is 11.1. The highest BCUT2D eigenvalue weighted by Gasteiger charge is 2.39. The Morgan fingerprint density at radius 2 is 2.03 bits per heavy atom. The van der Waals surface area contributed by atoms with Crippen molar-refractivity contribution in [1.29, 1.82) is 0 Å². The number of amides is 3. The number of benzene rings is 2. The number of amidine groups is 1. The van der Waals surface area contributed by atoms with Gasteiger partial charge < -0.3 is 30.7 Å². The molecule has 3 amide bonds. The van der Waals surface area contributed by atoms with Gasteiger partial charge in [-0.15, -0.1) is 0 Å². The average molecular weight is 463 g/mol. The molecule has 2 atom stereocenters. The quantitative estimate of drug-likeness (QED) is 0.605. The Morgan fingerprint density at radius 1 is 1.21 bits per heavy atom. The van der Waals surface area contributed by atoms with Gasteiger partial charge in [-0.05, 0) is 47.9 Å². The Balaban J connectivity index is 1.31. The fourth-order valence-corrected chi connectivity index (χ4v) is 4.54. The van der Waals surface area contributed by atoms with E-state index in [0.717, 1.165) is 22.4 Å². The standard InChI is InChI=1S/C24H25N5O5/c1-28-18-11-16(5-2-13(18)3-7-19(28)30)29-8-9-34-21(24(29)33)20(31)23(32)27-15-4-6-17-14(10-15)12-26-22(17)25/h2,4-6,10-11,20-21,31H,3,7-9,12H2,1H3,(H2,25,26)(H,27,32)/t20?,21-/m1/s1. The number of ether oxygens (including phenoxy) is 1. The first-order valence-electron chi connectivity index (χ1n) is 11.1. The zero-order valence-corrected chi connectivity index (χ0v) is 18.7. The number of carbonyl (C=O) groups is 3. The van der Waals surface area contributed by atoms with E-state index < -0.39 is 24.0 Å². The van der Waals surface area contributed by atoms with Gasteiger partial charge in [-0.1, -0.05) is 6.07 Å². The Labute approximate surface area is 196 Å². The lowest BCUT2D eigenvalue weighted by atomic mass is 10.0. The smallest absolute Gasteiger partial charge is 0.259 e. The van der Waals surface area contributed by atoms with Gasteiger partial charge in [0.25, 0.3) is 11.8 Å². The number of anilines is 3. The van der Waals surface area contributed by atoms with Crippen LogP contribution < -0.4 is 20.9 Å². The fraction of sp³-hybridized carbons (Fsp3) is 0.333. The summed E-state index contributed by atoms with van der Waals surface area (Å²) in [5.74, 6) is -0.799. The minimum Gasteiger partial charge on any atom is -0.383 e. The van der Waals surface area contributed by atoms with Crippen molar-refractivity contribution >= 4 is 40.6 Å². The summed E-state index contributed by atoms with van der Waals surface area (Å²) in [7, 11) is 1.71. The fourth-order valence-electron chi connectivity index (χ4n) is 4.54. The largest absolute Gasteiger partial charge is 0.383 e. The molecular formula is C24H25N5O5. The van der Waals surface area contributed by atoms with Crippen molar-refractivity contribution in [2.24, 2.45) is 10.7 Å². The summed E-state index contributed by atoms with van der Waals surface area (Å²) < 4.78 is 5.50. The number of nitrogens with zero attached hydrogens (tertiary/aromatic N) is 3. The van der Waals surface area contributed by atoms with Gasteiger partial charge >= 0.3 is 0 Å². The molecule has 176 valence electrons. The van der Waals surface area contributed by atoms with E-state index in [-0.39, 0.29) is 19.1 Å². The van der Waals surface area contributed by atoms with Gasteiger partial charge in [0.1, 0.15) is 5.84 Å². The van der Waals surface area contributed by atoms with E-state index in [1.807, 2.05) is 12.1 Å². The number of nitrogens with two attached hydrogens (primary N) is 1. The van der Waals surface area contributed by atoms with E-state index in [1.54, 1.807) is 36.2 Å². The van der Waals surface area contributed by atoms with Crippen LogP contribution >= 0.6 is 0 Å². The number of hydrogen-bond donors (Lipinski definition) is 3. The molecule has 3 aliphatic heterocycles. The number of aliphatic hydroxyl groups is 1. The van der Waals surface area contributed by atoms with Crippen molar-refractivity contribution in [3.05, 3.63) is 53.1 Å². The summed E-state index contributed by atoms with van der Waals surface area (Å²) in [5, 5.41) is 13.3. The van der Waals surface area contributed by atoms with Crippen molar-refractivity contribution in [2.75, 3.05) is 35.3 Å². The second-order valence-electron chi connectivity index (χ2n) is 8.55. The van der Waals surface area contributed by atoms with Crippen LogP contribution in [-0.4, -0.2) is 61.1 Å². The average Bonchev–Trinajstić information content (AvgIpc) is 3.21. The molecular weight excluding hydrogens is 438 g/mol. The lowest BCUT2D eigenvalue weighted by Crippen LogP contribution is -2.55. The number of aryl methyl sites for hydroxylation is 1. The number of carbonyl (C=O) groups excluding carboxylic acids is 3. The minimum absolute atomic E-state index is 0.0173. The highest BCUT2D eigenvalue weighted by Crippen LogP contribution is 2.32. The second-order valence-corrected chi connectivity index (χ2v) is 8.55. The van der Waals surface area contributed by atoms with Crippen molar-refractivity contribution in [2.45, 2.75) is 31.6 Å². The van der Waals surface area contributed by atoms with E-state index in [9.17, 15) is 19.5 Å². The molecule has 4 N–H and O–H groups in total. The topological polar surface area (TPSA) is 138 Å². The van der Waals surface area contributed by atoms with Crippen molar-refractivity contribution in [1.82, 2.24) is 0 Å². The number of morpholine rings is 1. The summed E-state index contributed by atoms with van der Waals surface area (Å²) in [6.45, 7) is 0.850. The summed E-state index contributed by atoms with van der Waals surface area (Å²) in [4.78, 5) is 45.2. The van der Waals surface area contributed by atoms with Crippen molar-refractivity contribution < 1.29 is 24.2 Å². The first kappa shape index (κ1) is 22.1. The molecule has 1 unspecified atom stereocenters. The predicted molar refractivity (Wildman–Crippen MR) is 126 cm³/mol. The number of rotatable bonds is 4. The molecule has 5 rings (SSSR count). The molecule has 2 aromatic carbocycles. The first-order chi connectivity index (χ1) is 16.3. The van der Waals surface area contributed by atoms with Gasteiger partial charge in [0.2, 0.25) is 5.91 Å². The molecule has 34 heavy (non-hydrogen) atoms. The third-order valence-electron chi connectivity index (χ3n) is 6.47. The van der Waals surface area contributed by atoms with Crippen LogP contribution in [0.3, 0.4) is 0 Å². The van der Waals surface area contributed by atoms with E-state index in [0.29, 0.717) is 36.6 Å². The lowest BCUT2D eigenvalue weighted by Gasteiger charge is -2.35. The Hall–Kier alpha value is -3.76. The maximum atomic E-state index is 13.2. The zero-order valence-electron chi connectivity index (χ0n) is 18.7. The highest BCUT2D eigenvalue weighted by molar-refractivity contribution is 6.05. The monoisotopic (exact) mass is 463 g/mol. The van der Waals surface area contributed by atoms with Crippen molar-refractivity contribution in [3.8, 4) is 0 Å². The molecule has 2 aromatic rings. The van der Waals surface area contributed by atoms with Gasteiger partial charge in [0.15, 0.2) is 12.2 Å². The lowest BCUT2D eigenvalue weighted by molar-refractivity contribution is -0.150. The normalized spacial score (nSPS) is 20.5. The van der Waals surface area contributed by atoms with E-state index >= 15 is 0 Å². The number of hydrogen-bond acceptors (Lipinski definition) is 7. The van der Waals surface area contributed by atoms with E-state index in [1.165, 1.54) is 4.90 Å². The van der Waals surface area contributed by atoms with Crippen LogP contribution in [0.2, 0.25) is 0 Å². The maximum absolute atomic E-state index is 13.2. The molecule has 0 bridgehead atoms. The summed E-state index contributed by atoms with van der Waals surface area (Å²) in [6, 6.07) is 10.7. The van der Waals surface area contributed by atoms with Gasteiger partial charge in [0.05, 0.1) is 13.2 Å². The van der Waals surface area contributed by atoms with E-state index in [2.05, 4.69) is 10.3 Å². The molecule has 0 aliphatic carbocycles. The van der Waals surface area contributed by atoms with Crippen LogP contribution in [0.4, 0.5) is 17.1 Å². The second kappa shape index (κ2) is 8.54. The van der Waals surface area contributed by atoms with Gasteiger partial charge in [-0.25, -0.2) is 0 Å². The molecule has 0 saturated carbocycles. The third-order valence-corrected chi connectivity index (χ3v) is 6.47. The summed E-state index contributed by atoms with van der Waals surface area (Å²) in [6.07, 6.45) is -1.95. The number of aliphatic hydroxyl groups excluding tert-OH is 1. The zero-order chi connectivity index (χ0) is 24.0. The van der Waals surface area contributed by atoms with Gasteiger partial charge in [-0.3, -0.25) is 19.4 Å². The Morgan fingerprint density at radius 3 is 2.85 bits per heavy atom. The molecule has 3 aliphatic rings. The molecule has 0 spiro atoms. The number of aliphatic imine (C=N–C) groups is 1. The molecule has 10 nitrogen and oxygen atoms in total. The van der Waals surface area contributed by atoms with Crippen LogP contribution in [0.5, 0.6) is 0 Å². The van der Waals surface area contributed by atoms with E-state index in [4.69, 9.17) is 10.5 Å². The number of fused-ring (bicyclic) bond motifs is 2. The maximum Gasteiger partial charge on any atom is 0.259 e. The van der Waals surface area contributed by atoms with Crippen LogP contribution in [0.1, 0.15) is 23.1 Å². The molecule has 0 radical (unpaired) electrons. The SMILES string of the molecule is CN1C(=O)CCc2ccc(N3CCO[C@H](C(O)C(=O)Nc4ccc5c(c4)CN=C5N)C3=O)cc21. The highest BCUT2D eigenvalue weighted by atomic mass is 16.5. The molecule has 1 saturated heterocycles. The molecule has 3 heterocycles. The third kappa shape index (κ3) is 3.80. The Kier molecular flexibility index (Phi) is 5.54. The molecule has 0 aromatic heterocycles. The number of nitrogens with one attached hydrogen (secondary N) is 1. The molecule has 10 heteroatoms. The summed E-state index contributed by atoms with van der Waals surface area (Å²) >= 11 is 0. The summed E-state index contributed by atoms with van der Waals surface area (Å²) in [5.41, 5.74) is 10.3. The molecule has 1 fully saturated rings. The van der Waals surface area contributed by atoms with Crippen LogP contribution in [0, 0.1) is 0 Å². The van der Waals surface area contributed by atoms with Crippen LogP contribution in [0.25, 0.3) is 0 Å².